The molecule has 0 unspecified atom stereocenters. The third-order valence-electron chi connectivity index (χ3n) is 2.86. The van der Waals surface area contributed by atoms with Gasteiger partial charge in [-0.3, -0.25) is 0 Å². The molecule has 1 heterocycles. The topological polar surface area (TPSA) is 30.5 Å². The van der Waals surface area contributed by atoms with E-state index in [0.29, 0.717) is 17.3 Å². The zero-order valence-electron chi connectivity index (χ0n) is 12.5. The van der Waals surface area contributed by atoms with Gasteiger partial charge in [-0.05, 0) is 31.4 Å². The molecule has 3 nitrogen and oxygen atoms in total. The molecule has 0 saturated heterocycles. The summed E-state index contributed by atoms with van der Waals surface area (Å²) in [6.45, 7) is 5.50. The van der Waals surface area contributed by atoms with Crippen LogP contribution in [0.5, 0.6) is 11.5 Å². The van der Waals surface area contributed by atoms with Crippen molar-refractivity contribution in [3.8, 4) is 11.5 Å². The van der Waals surface area contributed by atoms with Gasteiger partial charge >= 0.3 is 0 Å². The molecule has 2 rings (SSSR count). The molecule has 0 amide bonds. The highest BCUT2D eigenvalue weighted by molar-refractivity contribution is 7.09. The second-order valence-electron chi connectivity index (χ2n) is 4.95. The minimum atomic E-state index is 0.0797. The molecule has 2 aromatic rings. The minimum Gasteiger partial charge on any atom is -0.493 e. The molecular formula is C16H20ClNO2S. The molecule has 0 atom stereocenters. The lowest BCUT2D eigenvalue weighted by Gasteiger charge is -2.18. The maximum atomic E-state index is 6.15. The van der Waals surface area contributed by atoms with Gasteiger partial charge in [-0.25, -0.2) is 0 Å². The predicted molar refractivity (Wildman–Crippen MR) is 88.6 cm³/mol. The smallest absolute Gasteiger partial charge is 0.166 e. The highest BCUT2D eigenvalue weighted by Gasteiger charge is 2.14. The molecule has 0 saturated carbocycles. The molecule has 0 aliphatic rings. The normalized spacial score (nSPS) is 10.9. The number of halogens is 1. The summed E-state index contributed by atoms with van der Waals surface area (Å²) in [4.78, 5) is 1.30. The second kappa shape index (κ2) is 7.69. The quantitative estimate of drug-likeness (QED) is 0.813. The van der Waals surface area contributed by atoms with E-state index in [1.165, 1.54) is 4.88 Å². The number of rotatable bonds is 7. The summed E-state index contributed by atoms with van der Waals surface area (Å²) in [6, 6.07) is 7.87. The van der Waals surface area contributed by atoms with Gasteiger partial charge in [-0.2, -0.15) is 0 Å². The molecule has 114 valence electrons. The molecule has 0 aliphatic heterocycles. The van der Waals surface area contributed by atoms with Gasteiger partial charge < -0.3 is 14.8 Å². The fraction of sp³-hybridized carbons (Fsp3) is 0.375. The molecule has 0 spiro atoms. The molecule has 1 N–H and O–H groups in total. The molecule has 5 heteroatoms. The van der Waals surface area contributed by atoms with Crippen LogP contribution >= 0.6 is 22.9 Å². The van der Waals surface area contributed by atoms with E-state index in [4.69, 9.17) is 21.1 Å². The van der Waals surface area contributed by atoms with Crippen molar-refractivity contribution in [2.24, 2.45) is 0 Å². The van der Waals surface area contributed by atoms with Crippen molar-refractivity contribution in [2.75, 3.05) is 7.11 Å². The van der Waals surface area contributed by atoms with E-state index in [1.807, 2.05) is 19.9 Å². The highest BCUT2D eigenvalue weighted by atomic mass is 35.5. The SMILES string of the molecule is COc1cc(Cl)cc(CNCc2cccs2)c1OC(C)C. The van der Waals surface area contributed by atoms with Gasteiger partial charge in [-0.1, -0.05) is 17.7 Å². The maximum Gasteiger partial charge on any atom is 0.166 e. The summed E-state index contributed by atoms with van der Waals surface area (Å²) < 4.78 is 11.3. The Balaban J connectivity index is 2.13. The first-order chi connectivity index (χ1) is 10.1. The van der Waals surface area contributed by atoms with Crippen LogP contribution in [0.2, 0.25) is 5.02 Å². The Morgan fingerprint density at radius 1 is 1.29 bits per heavy atom. The number of benzene rings is 1. The molecular weight excluding hydrogens is 306 g/mol. The van der Waals surface area contributed by atoms with Crippen LogP contribution in [0.1, 0.15) is 24.3 Å². The fourth-order valence-electron chi connectivity index (χ4n) is 2.01. The average molecular weight is 326 g/mol. The first-order valence-corrected chi connectivity index (χ1v) is 8.12. The number of hydrogen-bond donors (Lipinski definition) is 1. The van der Waals surface area contributed by atoms with Crippen LogP contribution in [0.15, 0.2) is 29.6 Å². The largest absolute Gasteiger partial charge is 0.493 e. The summed E-state index contributed by atoms with van der Waals surface area (Å²) in [5, 5.41) is 6.14. The monoisotopic (exact) mass is 325 g/mol. The Bertz CT molecular complexity index is 570. The van der Waals surface area contributed by atoms with Gasteiger partial charge in [0.2, 0.25) is 0 Å². The van der Waals surface area contributed by atoms with E-state index in [1.54, 1.807) is 24.5 Å². The van der Waals surface area contributed by atoms with E-state index in [9.17, 15) is 0 Å². The lowest BCUT2D eigenvalue weighted by molar-refractivity contribution is 0.227. The van der Waals surface area contributed by atoms with E-state index >= 15 is 0 Å². The molecule has 0 aliphatic carbocycles. The van der Waals surface area contributed by atoms with Gasteiger partial charge in [0.05, 0.1) is 13.2 Å². The van der Waals surface area contributed by atoms with Crippen molar-refractivity contribution >= 4 is 22.9 Å². The number of thiophene rings is 1. The number of ether oxygens (including phenoxy) is 2. The van der Waals surface area contributed by atoms with Gasteiger partial charge in [0.1, 0.15) is 0 Å². The van der Waals surface area contributed by atoms with Gasteiger partial charge in [0, 0.05) is 34.6 Å². The number of nitrogens with one attached hydrogen (secondary N) is 1. The van der Waals surface area contributed by atoms with Gasteiger partial charge in [-0.15, -0.1) is 11.3 Å². The summed E-state index contributed by atoms with van der Waals surface area (Å²) in [7, 11) is 1.63. The zero-order chi connectivity index (χ0) is 15.2. The standard InChI is InChI=1S/C16H20ClNO2S/c1-11(2)20-16-12(7-13(17)8-15(16)19-3)9-18-10-14-5-4-6-21-14/h4-8,11,18H,9-10H2,1-3H3. The van der Waals surface area contributed by atoms with Gasteiger partial charge in [0.15, 0.2) is 11.5 Å². The zero-order valence-corrected chi connectivity index (χ0v) is 14.1. The molecule has 1 aromatic carbocycles. The van der Waals surface area contributed by atoms with Crippen LogP contribution in [0.25, 0.3) is 0 Å². The van der Waals surface area contributed by atoms with Crippen molar-refractivity contribution in [3.05, 3.63) is 45.1 Å². The Kier molecular flexibility index (Phi) is 5.91. The first-order valence-electron chi connectivity index (χ1n) is 6.86. The summed E-state index contributed by atoms with van der Waals surface area (Å²) >= 11 is 7.89. The van der Waals surface area contributed by atoms with Crippen LogP contribution in [0.3, 0.4) is 0 Å². The van der Waals surface area contributed by atoms with Crippen LogP contribution in [-0.4, -0.2) is 13.2 Å². The van der Waals surface area contributed by atoms with Crippen molar-refractivity contribution in [2.45, 2.75) is 33.0 Å². The molecule has 0 radical (unpaired) electrons. The molecule has 0 bridgehead atoms. The molecule has 0 fully saturated rings. The minimum absolute atomic E-state index is 0.0797. The number of methoxy groups -OCH3 is 1. The Labute approximate surface area is 134 Å². The molecule has 1 aromatic heterocycles. The summed E-state index contributed by atoms with van der Waals surface area (Å²) in [5.41, 5.74) is 1.00. The van der Waals surface area contributed by atoms with Gasteiger partial charge in [0.25, 0.3) is 0 Å². The lowest BCUT2D eigenvalue weighted by Crippen LogP contribution is -2.15. The van der Waals surface area contributed by atoms with Crippen LogP contribution in [0.4, 0.5) is 0 Å². The van der Waals surface area contributed by atoms with Crippen LogP contribution < -0.4 is 14.8 Å². The fourth-order valence-corrected chi connectivity index (χ4v) is 2.91. The summed E-state index contributed by atoms with van der Waals surface area (Å²) in [6.07, 6.45) is 0.0797. The van der Waals surface area contributed by atoms with Crippen molar-refractivity contribution in [3.63, 3.8) is 0 Å². The molecule has 21 heavy (non-hydrogen) atoms. The highest BCUT2D eigenvalue weighted by Crippen LogP contribution is 2.35. The Morgan fingerprint density at radius 3 is 2.71 bits per heavy atom. The predicted octanol–water partition coefficient (Wildman–Crippen LogP) is 4.49. The van der Waals surface area contributed by atoms with Crippen molar-refractivity contribution in [1.82, 2.24) is 5.32 Å². The van der Waals surface area contributed by atoms with E-state index in [2.05, 4.69) is 22.8 Å². The average Bonchev–Trinajstić information content (AvgIpc) is 2.94. The lowest BCUT2D eigenvalue weighted by atomic mass is 10.1. The third kappa shape index (κ3) is 4.63. The van der Waals surface area contributed by atoms with E-state index < -0.39 is 0 Å². The van der Waals surface area contributed by atoms with E-state index in [-0.39, 0.29) is 6.10 Å². The van der Waals surface area contributed by atoms with Crippen molar-refractivity contribution in [1.29, 1.82) is 0 Å². The second-order valence-corrected chi connectivity index (χ2v) is 6.41. The van der Waals surface area contributed by atoms with Crippen molar-refractivity contribution < 1.29 is 9.47 Å². The number of hydrogen-bond acceptors (Lipinski definition) is 4. The third-order valence-corrected chi connectivity index (χ3v) is 3.96. The van der Waals surface area contributed by atoms with E-state index in [0.717, 1.165) is 17.9 Å². The summed E-state index contributed by atoms with van der Waals surface area (Å²) in [5.74, 6) is 1.43. The first kappa shape index (κ1) is 16.1. The van der Waals surface area contributed by atoms with Crippen LogP contribution in [-0.2, 0) is 13.1 Å². The Morgan fingerprint density at radius 2 is 2.10 bits per heavy atom. The van der Waals surface area contributed by atoms with Crippen LogP contribution in [0, 0.1) is 0 Å². The maximum absolute atomic E-state index is 6.15. The Hall–Kier alpha value is -1.23.